The molecule has 1 unspecified atom stereocenters. The van der Waals surface area contributed by atoms with Gasteiger partial charge in [0, 0.05) is 12.6 Å². The van der Waals surface area contributed by atoms with E-state index < -0.39 is 0 Å². The molecule has 1 N–H and O–H groups in total. The Kier molecular flexibility index (Phi) is 5.77. The van der Waals surface area contributed by atoms with Crippen molar-refractivity contribution in [1.82, 2.24) is 4.90 Å². The van der Waals surface area contributed by atoms with Crippen molar-refractivity contribution < 1.29 is 4.79 Å². The Morgan fingerprint density at radius 2 is 1.96 bits per heavy atom. The third-order valence-electron chi connectivity index (χ3n) is 4.85. The number of rotatable bonds is 7. The smallest absolute Gasteiger partial charge is 0.238 e. The van der Waals surface area contributed by atoms with E-state index in [1.807, 2.05) is 43.3 Å². The van der Waals surface area contributed by atoms with Crippen molar-refractivity contribution >= 4 is 23.2 Å². The van der Waals surface area contributed by atoms with E-state index in [0.29, 0.717) is 29.2 Å². The van der Waals surface area contributed by atoms with Gasteiger partial charge in [-0.2, -0.15) is 0 Å². The molecule has 132 valence electrons. The number of hydrogen-bond donors (Lipinski definition) is 1. The van der Waals surface area contributed by atoms with Crippen LogP contribution in [0.2, 0.25) is 5.02 Å². The molecule has 1 aliphatic rings. The summed E-state index contributed by atoms with van der Waals surface area (Å²) >= 11 is 6.23. The maximum Gasteiger partial charge on any atom is 0.238 e. The lowest BCUT2D eigenvalue weighted by Gasteiger charge is -2.28. The summed E-state index contributed by atoms with van der Waals surface area (Å²) in [6.45, 7) is 5.37. The van der Waals surface area contributed by atoms with Gasteiger partial charge in [0.1, 0.15) is 0 Å². The normalized spacial score (nSPS) is 15.2. The van der Waals surface area contributed by atoms with Crippen LogP contribution in [-0.2, 0) is 11.3 Å². The van der Waals surface area contributed by atoms with Crippen molar-refractivity contribution in [3.05, 3.63) is 64.7 Å². The van der Waals surface area contributed by atoms with Gasteiger partial charge in [0.15, 0.2) is 0 Å². The zero-order valence-corrected chi connectivity index (χ0v) is 15.6. The molecule has 4 heteroatoms. The number of hydrogen-bond acceptors (Lipinski definition) is 2. The number of benzene rings is 2. The van der Waals surface area contributed by atoms with Crippen LogP contribution in [-0.4, -0.2) is 23.4 Å². The first-order chi connectivity index (χ1) is 12.0. The number of aryl methyl sites for hydroxylation is 1. The molecular weight excluding hydrogens is 332 g/mol. The fourth-order valence-corrected chi connectivity index (χ4v) is 3.42. The Morgan fingerprint density at radius 1 is 1.24 bits per heavy atom. The first-order valence-electron chi connectivity index (χ1n) is 8.87. The minimum absolute atomic E-state index is 0.0193. The van der Waals surface area contributed by atoms with Gasteiger partial charge in [-0.15, -0.1) is 0 Å². The van der Waals surface area contributed by atoms with Gasteiger partial charge in [0.2, 0.25) is 5.91 Å². The van der Waals surface area contributed by atoms with Gasteiger partial charge in [-0.3, -0.25) is 9.69 Å². The van der Waals surface area contributed by atoms with Gasteiger partial charge < -0.3 is 5.32 Å². The second-order valence-corrected chi connectivity index (χ2v) is 7.41. The van der Waals surface area contributed by atoms with E-state index in [4.69, 9.17) is 11.6 Å². The van der Waals surface area contributed by atoms with Crippen LogP contribution in [0.5, 0.6) is 0 Å². The van der Waals surface area contributed by atoms with E-state index in [-0.39, 0.29) is 5.91 Å². The van der Waals surface area contributed by atoms with Crippen molar-refractivity contribution in [2.75, 3.05) is 11.9 Å². The van der Waals surface area contributed by atoms with Crippen molar-refractivity contribution in [1.29, 1.82) is 0 Å². The Labute approximate surface area is 155 Å². The van der Waals surface area contributed by atoms with E-state index in [0.717, 1.165) is 12.1 Å². The average molecular weight is 357 g/mol. The Morgan fingerprint density at radius 3 is 2.60 bits per heavy atom. The third-order valence-corrected chi connectivity index (χ3v) is 5.17. The molecule has 3 nitrogen and oxygen atoms in total. The van der Waals surface area contributed by atoms with Crippen LogP contribution in [0.15, 0.2) is 48.5 Å². The molecule has 2 aromatic rings. The molecule has 1 amide bonds. The highest BCUT2D eigenvalue weighted by Crippen LogP contribution is 2.35. The number of halogens is 1. The lowest BCUT2D eigenvalue weighted by Crippen LogP contribution is -2.40. The molecule has 0 aromatic heterocycles. The number of carbonyl (C=O) groups is 1. The molecule has 0 radical (unpaired) electrons. The summed E-state index contributed by atoms with van der Waals surface area (Å²) in [5, 5.41) is 3.54. The Hall–Kier alpha value is -1.84. The molecule has 0 heterocycles. The minimum Gasteiger partial charge on any atom is -0.324 e. The molecule has 3 rings (SSSR count). The van der Waals surface area contributed by atoms with Crippen LogP contribution in [0.4, 0.5) is 5.69 Å². The summed E-state index contributed by atoms with van der Waals surface area (Å²) < 4.78 is 0. The quantitative estimate of drug-likeness (QED) is 0.766. The van der Waals surface area contributed by atoms with Gasteiger partial charge in [-0.1, -0.05) is 48.0 Å². The van der Waals surface area contributed by atoms with Gasteiger partial charge >= 0.3 is 0 Å². The molecule has 0 saturated heterocycles. The highest BCUT2D eigenvalue weighted by molar-refractivity contribution is 6.33. The zero-order valence-electron chi connectivity index (χ0n) is 14.8. The average Bonchev–Trinajstić information content (AvgIpc) is 3.42. The van der Waals surface area contributed by atoms with E-state index >= 15 is 0 Å². The topological polar surface area (TPSA) is 32.3 Å². The highest BCUT2D eigenvalue weighted by atomic mass is 35.5. The van der Waals surface area contributed by atoms with Crippen molar-refractivity contribution in [3.63, 3.8) is 0 Å². The van der Waals surface area contributed by atoms with Crippen LogP contribution >= 0.6 is 11.6 Å². The molecule has 0 spiro atoms. The zero-order chi connectivity index (χ0) is 17.8. The second kappa shape index (κ2) is 8.03. The molecular formula is C21H25ClN2O. The molecule has 2 aromatic carbocycles. The number of amides is 1. The molecule has 0 bridgehead atoms. The summed E-state index contributed by atoms with van der Waals surface area (Å²) in [6.07, 6.45) is 2.52. The Bertz CT molecular complexity index is 728. The van der Waals surface area contributed by atoms with Crippen LogP contribution in [0, 0.1) is 12.8 Å². The number of nitrogens with one attached hydrogen (secondary N) is 1. The molecule has 1 saturated carbocycles. The van der Waals surface area contributed by atoms with Crippen LogP contribution < -0.4 is 5.32 Å². The van der Waals surface area contributed by atoms with Crippen molar-refractivity contribution in [2.24, 2.45) is 5.92 Å². The molecule has 1 aliphatic carbocycles. The SMILES string of the molecule is Cc1ccc(NC(=O)CN(Cc2ccccc2)C(C)C2CC2)c(Cl)c1. The molecule has 25 heavy (non-hydrogen) atoms. The van der Waals surface area contributed by atoms with E-state index in [9.17, 15) is 4.79 Å². The van der Waals surface area contributed by atoms with Gasteiger partial charge in [0.05, 0.1) is 17.3 Å². The lowest BCUT2D eigenvalue weighted by molar-refractivity contribution is -0.118. The summed E-state index contributed by atoms with van der Waals surface area (Å²) in [5.74, 6) is 0.689. The largest absolute Gasteiger partial charge is 0.324 e. The van der Waals surface area contributed by atoms with Crippen LogP contribution in [0.3, 0.4) is 0 Å². The van der Waals surface area contributed by atoms with Crippen molar-refractivity contribution in [2.45, 2.75) is 39.3 Å². The monoisotopic (exact) mass is 356 g/mol. The lowest BCUT2D eigenvalue weighted by atomic mass is 10.1. The van der Waals surface area contributed by atoms with E-state index in [2.05, 4.69) is 29.3 Å². The number of carbonyl (C=O) groups excluding carboxylic acids is 1. The first-order valence-corrected chi connectivity index (χ1v) is 9.24. The molecule has 1 atom stereocenters. The van der Waals surface area contributed by atoms with E-state index in [1.165, 1.54) is 18.4 Å². The molecule has 0 aliphatic heterocycles. The summed E-state index contributed by atoms with van der Waals surface area (Å²) in [7, 11) is 0. The fourth-order valence-electron chi connectivity index (χ4n) is 3.13. The summed E-state index contributed by atoms with van der Waals surface area (Å²) in [5.41, 5.74) is 2.99. The van der Waals surface area contributed by atoms with Crippen molar-refractivity contribution in [3.8, 4) is 0 Å². The van der Waals surface area contributed by atoms with E-state index in [1.54, 1.807) is 0 Å². The van der Waals surface area contributed by atoms with Gasteiger partial charge in [-0.05, 0) is 55.9 Å². The summed E-state index contributed by atoms with van der Waals surface area (Å²) in [6, 6.07) is 16.4. The minimum atomic E-state index is -0.0193. The Balaban J connectivity index is 1.67. The standard InChI is InChI=1S/C21H25ClN2O/c1-15-8-11-20(19(22)12-15)23-21(25)14-24(16(2)18-9-10-18)13-17-6-4-3-5-7-17/h3-8,11-12,16,18H,9-10,13-14H2,1-2H3,(H,23,25). The number of anilines is 1. The third kappa shape index (κ3) is 5.07. The first kappa shape index (κ1) is 18.0. The summed E-state index contributed by atoms with van der Waals surface area (Å²) in [4.78, 5) is 14.9. The fraction of sp³-hybridized carbons (Fsp3) is 0.381. The molecule has 1 fully saturated rings. The van der Waals surface area contributed by atoms with Gasteiger partial charge in [0.25, 0.3) is 0 Å². The van der Waals surface area contributed by atoms with Crippen LogP contribution in [0.1, 0.15) is 30.9 Å². The number of nitrogens with zero attached hydrogens (tertiary/aromatic N) is 1. The van der Waals surface area contributed by atoms with Gasteiger partial charge in [-0.25, -0.2) is 0 Å². The highest BCUT2D eigenvalue weighted by Gasteiger charge is 2.32. The second-order valence-electron chi connectivity index (χ2n) is 7.00. The van der Waals surface area contributed by atoms with Crippen LogP contribution in [0.25, 0.3) is 0 Å². The maximum atomic E-state index is 12.6. The predicted molar refractivity (Wildman–Crippen MR) is 104 cm³/mol. The maximum absolute atomic E-state index is 12.6. The predicted octanol–water partition coefficient (Wildman–Crippen LogP) is 4.89.